The molecule has 8 nitrogen and oxygen atoms in total. The van der Waals surface area contributed by atoms with Crippen LogP contribution in [0.3, 0.4) is 0 Å². The van der Waals surface area contributed by atoms with Crippen LogP contribution in [0.1, 0.15) is 34.9 Å². The van der Waals surface area contributed by atoms with Gasteiger partial charge in [-0.1, -0.05) is 6.07 Å². The number of rotatable bonds is 5. The lowest BCUT2D eigenvalue weighted by Crippen LogP contribution is -2.16. The highest BCUT2D eigenvalue weighted by Crippen LogP contribution is 2.43. The van der Waals surface area contributed by atoms with E-state index in [0.717, 1.165) is 22.4 Å². The number of hydrogen-bond acceptors (Lipinski definition) is 6. The second kappa shape index (κ2) is 9.21. The maximum Gasteiger partial charge on any atom is 0.354 e. The molecule has 0 unspecified atom stereocenters. The summed E-state index contributed by atoms with van der Waals surface area (Å²) in [5.41, 5.74) is 2.51. The van der Waals surface area contributed by atoms with Crippen LogP contribution in [0.2, 0.25) is 0 Å². The fourth-order valence-electron chi connectivity index (χ4n) is 4.72. The van der Waals surface area contributed by atoms with E-state index in [0.29, 0.717) is 54.0 Å². The molecule has 1 aliphatic heterocycles. The van der Waals surface area contributed by atoms with Gasteiger partial charge >= 0.3 is 5.97 Å². The molecule has 6 rings (SSSR count). The summed E-state index contributed by atoms with van der Waals surface area (Å²) in [5, 5.41) is 18.4. The maximum atomic E-state index is 14.4. The molecule has 3 aromatic heterocycles. The maximum absolute atomic E-state index is 14.4. The zero-order valence-electron chi connectivity index (χ0n) is 19.4. The highest BCUT2D eigenvalue weighted by Gasteiger charge is 2.26. The third-order valence-corrected chi connectivity index (χ3v) is 6.54. The van der Waals surface area contributed by atoms with E-state index in [1.165, 1.54) is 24.4 Å². The van der Waals surface area contributed by atoms with Crippen LogP contribution in [-0.4, -0.2) is 44.5 Å². The van der Waals surface area contributed by atoms with Crippen molar-refractivity contribution in [3.05, 3.63) is 77.9 Å². The fraction of sp³-hybridized carbons (Fsp3) is 0.185. The predicted molar refractivity (Wildman–Crippen MR) is 131 cm³/mol. The molecule has 0 radical (unpaired) electrons. The minimum atomic E-state index is -1.14. The van der Waals surface area contributed by atoms with Gasteiger partial charge in [0.05, 0.1) is 23.6 Å². The third kappa shape index (κ3) is 4.25. The lowest BCUT2D eigenvalue weighted by Gasteiger charge is -2.26. The fourth-order valence-corrected chi connectivity index (χ4v) is 4.72. The van der Waals surface area contributed by atoms with E-state index < -0.39 is 17.6 Å². The van der Waals surface area contributed by atoms with E-state index >= 15 is 0 Å². The van der Waals surface area contributed by atoms with Crippen LogP contribution >= 0.6 is 0 Å². The van der Waals surface area contributed by atoms with Crippen molar-refractivity contribution in [2.75, 3.05) is 13.2 Å². The van der Waals surface area contributed by atoms with Crippen molar-refractivity contribution in [1.82, 2.24) is 20.2 Å². The molecule has 5 aromatic rings. The van der Waals surface area contributed by atoms with Gasteiger partial charge in [-0.25, -0.2) is 23.5 Å². The van der Waals surface area contributed by atoms with Gasteiger partial charge in [0.1, 0.15) is 11.4 Å². The Labute approximate surface area is 208 Å². The van der Waals surface area contributed by atoms with Crippen LogP contribution in [0.15, 0.2) is 54.9 Å². The van der Waals surface area contributed by atoms with Gasteiger partial charge in [-0.3, -0.25) is 5.10 Å². The van der Waals surface area contributed by atoms with Crippen molar-refractivity contribution in [1.29, 1.82) is 0 Å². The van der Waals surface area contributed by atoms with E-state index in [-0.39, 0.29) is 17.5 Å². The Morgan fingerprint density at radius 2 is 1.86 bits per heavy atom. The van der Waals surface area contributed by atoms with Crippen LogP contribution in [0.25, 0.3) is 32.8 Å². The molecule has 186 valence electrons. The number of benzene rings is 2. The van der Waals surface area contributed by atoms with Crippen molar-refractivity contribution >= 4 is 27.6 Å². The molecule has 0 spiro atoms. The molecule has 0 aliphatic carbocycles. The van der Waals surface area contributed by atoms with E-state index in [9.17, 15) is 13.6 Å². The second-order valence-electron chi connectivity index (χ2n) is 8.83. The summed E-state index contributed by atoms with van der Waals surface area (Å²) in [6.45, 7) is 1.11. The number of H-pyrrole nitrogens is 1. The van der Waals surface area contributed by atoms with Gasteiger partial charge in [0.25, 0.3) is 0 Å². The molecule has 4 heterocycles. The van der Waals surface area contributed by atoms with Crippen molar-refractivity contribution in [3.8, 4) is 22.8 Å². The average Bonchev–Trinajstić information content (AvgIpc) is 3.37. The number of carboxylic acids is 1. The lowest BCUT2D eigenvalue weighted by molar-refractivity contribution is 0.0690. The summed E-state index contributed by atoms with van der Waals surface area (Å²) >= 11 is 0. The standard InChI is InChI=1S/C27H20F2N4O4/c28-20-3-1-15(10-21(20)29)24-18-9-16-12-31-33-23(16)11-19(18)26(32-25(24)14-5-7-36-8-6-14)37-17-2-4-22(27(34)35)30-13-17/h1-4,9-14H,5-8H2,(H,31,33)(H,34,35). The molecule has 0 amide bonds. The van der Waals surface area contributed by atoms with Crippen LogP contribution < -0.4 is 4.74 Å². The van der Waals surface area contributed by atoms with Crippen molar-refractivity contribution in [3.63, 3.8) is 0 Å². The summed E-state index contributed by atoms with van der Waals surface area (Å²) in [6, 6.07) is 10.5. The number of carbonyl (C=O) groups is 1. The molecule has 0 atom stereocenters. The summed E-state index contributed by atoms with van der Waals surface area (Å²) in [5.74, 6) is -2.43. The van der Waals surface area contributed by atoms with Gasteiger partial charge in [-0.15, -0.1) is 0 Å². The minimum absolute atomic E-state index is 0.00354. The Balaban J connectivity index is 1.61. The molecule has 10 heteroatoms. The number of aromatic carboxylic acids is 1. The smallest absolute Gasteiger partial charge is 0.354 e. The summed E-state index contributed by atoms with van der Waals surface area (Å²) in [4.78, 5) is 20.0. The highest BCUT2D eigenvalue weighted by molar-refractivity contribution is 6.06. The molecular formula is C27H20F2N4O4. The van der Waals surface area contributed by atoms with E-state index in [1.54, 1.807) is 12.3 Å². The number of nitrogens with one attached hydrogen (secondary N) is 1. The number of pyridine rings is 2. The Morgan fingerprint density at radius 1 is 1.03 bits per heavy atom. The number of carboxylic acid groups (broad SMARTS) is 1. The van der Waals surface area contributed by atoms with Crippen LogP contribution in [-0.2, 0) is 4.74 Å². The van der Waals surface area contributed by atoms with E-state index in [2.05, 4.69) is 15.2 Å². The summed E-state index contributed by atoms with van der Waals surface area (Å²) in [6.07, 6.45) is 4.42. The van der Waals surface area contributed by atoms with Gasteiger partial charge in [-0.05, 0) is 60.2 Å². The monoisotopic (exact) mass is 502 g/mol. The third-order valence-electron chi connectivity index (χ3n) is 6.54. The minimum Gasteiger partial charge on any atom is -0.477 e. The SMILES string of the molecule is O=C(O)c1ccc(Oc2nc(C3CCOCC3)c(-c3ccc(F)c(F)c3)c3cc4cn[nH]c4cc23)cn1. The average molecular weight is 502 g/mol. The quantitative estimate of drug-likeness (QED) is 0.311. The predicted octanol–water partition coefficient (Wildman–Crippen LogP) is 5.84. The number of halogens is 2. The Bertz CT molecular complexity index is 1650. The molecule has 0 bridgehead atoms. The van der Waals surface area contributed by atoms with E-state index in [1.807, 2.05) is 12.1 Å². The molecule has 1 fully saturated rings. The number of ether oxygens (including phenoxy) is 2. The number of nitrogens with zero attached hydrogens (tertiary/aromatic N) is 3. The van der Waals surface area contributed by atoms with Crippen LogP contribution in [0.4, 0.5) is 8.78 Å². The van der Waals surface area contributed by atoms with Gasteiger partial charge < -0.3 is 14.6 Å². The molecule has 1 saturated heterocycles. The summed E-state index contributed by atoms with van der Waals surface area (Å²) in [7, 11) is 0. The Hall–Kier alpha value is -4.44. The number of aromatic nitrogens is 4. The largest absolute Gasteiger partial charge is 0.477 e. The molecule has 1 aliphatic rings. The second-order valence-corrected chi connectivity index (χ2v) is 8.83. The van der Waals surface area contributed by atoms with Gasteiger partial charge in [0, 0.05) is 35.5 Å². The number of aromatic amines is 1. The van der Waals surface area contributed by atoms with Crippen molar-refractivity contribution < 1.29 is 28.2 Å². The lowest BCUT2D eigenvalue weighted by atomic mass is 9.87. The van der Waals surface area contributed by atoms with Crippen molar-refractivity contribution in [2.45, 2.75) is 18.8 Å². The molecule has 2 aromatic carbocycles. The van der Waals surface area contributed by atoms with Gasteiger partial charge in [0.2, 0.25) is 5.88 Å². The van der Waals surface area contributed by atoms with E-state index in [4.69, 9.17) is 19.6 Å². The molecule has 0 saturated carbocycles. The summed E-state index contributed by atoms with van der Waals surface area (Å²) < 4.78 is 40.0. The first-order chi connectivity index (χ1) is 18.0. The zero-order chi connectivity index (χ0) is 25.5. The molecule has 37 heavy (non-hydrogen) atoms. The van der Waals surface area contributed by atoms with Gasteiger partial charge in [-0.2, -0.15) is 5.10 Å². The van der Waals surface area contributed by atoms with Crippen LogP contribution in [0, 0.1) is 11.6 Å². The number of hydrogen-bond donors (Lipinski definition) is 2. The topological polar surface area (TPSA) is 110 Å². The first kappa shape index (κ1) is 23.0. The first-order valence-electron chi connectivity index (χ1n) is 11.7. The van der Waals surface area contributed by atoms with Crippen molar-refractivity contribution in [2.24, 2.45) is 0 Å². The highest BCUT2D eigenvalue weighted by atomic mass is 19.2. The molecule has 2 N–H and O–H groups in total. The van der Waals surface area contributed by atoms with Crippen LogP contribution in [0.5, 0.6) is 11.6 Å². The Kier molecular flexibility index (Phi) is 5.72. The normalized spacial score (nSPS) is 14.3. The first-order valence-corrected chi connectivity index (χ1v) is 11.7. The Morgan fingerprint density at radius 3 is 2.59 bits per heavy atom. The zero-order valence-corrected chi connectivity index (χ0v) is 19.4. The molecular weight excluding hydrogens is 482 g/mol. The van der Waals surface area contributed by atoms with Gasteiger partial charge in [0.15, 0.2) is 11.6 Å². The number of fused-ring (bicyclic) bond motifs is 2.